The van der Waals surface area contributed by atoms with Gasteiger partial charge in [0.05, 0.1) is 11.6 Å². The molecule has 2 rings (SSSR count). The van der Waals surface area contributed by atoms with Gasteiger partial charge in [-0.2, -0.15) is 5.26 Å². The number of anilines is 1. The van der Waals surface area contributed by atoms with E-state index in [4.69, 9.17) is 10.00 Å². The molecule has 2 aromatic carbocycles. The number of amides is 2. The summed E-state index contributed by atoms with van der Waals surface area (Å²) in [5.41, 5.74) is 1.24. The van der Waals surface area contributed by atoms with Gasteiger partial charge in [0.1, 0.15) is 6.04 Å². The molecule has 0 saturated heterocycles. The minimum atomic E-state index is -1.07. The molecule has 2 N–H and O–H groups in total. The molecule has 2 amide bonds. The minimum absolute atomic E-state index is 0.398. The molecule has 0 unspecified atom stereocenters. The molecule has 2 aromatic rings. The SMILES string of the molecule is C[C@H](NC(=O)c1ccccc1)C(=O)O[C@H](C)C(=O)Nc1cccc(C#N)c1. The number of nitrogens with one attached hydrogen (secondary N) is 2. The second-order valence-corrected chi connectivity index (χ2v) is 5.82. The maximum atomic E-state index is 12.2. The van der Waals surface area contributed by atoms with Crippen molar-refractivity contribution >= 4 is 23.5 Å². The third-order valence-electron chi connectivity index (χ3n) is 3.66. The van der Waals surface area contributed by atoms with Gasteiger partial charge in [0, 0.05) is 11.3 Å². The minimum Gasteiger partial charge on any atom is -0.451 e. The van der Waals surface area contributed by atoms with Gasteiger partial charge in [-0.3, -0.25) is 9.59 Å². The van der Waals surface area contributed by atoms with Gasteiger partial charge in [-0.15, -0.1) is 0 Å². The molecule has 27 heavy (non-hydrogen) atoms. The van der Waals surface area contributed by atoms with E-state index in [-0.39, 0.29) is 0 Å². The Morgan fingerprint density at radius 2 is 1.74 bits per heavy atom. The number of rotatable bonds is 6. The number of hydrogen-bond acceptors (Lipinski definition) is 5. The lowest BCUT2D eigenvalue weighted by molar-refractivity contribution is -0.154. The van der Waals surface area contributed by atoms with Crippen LogP contribution in [0.15, 0.2) is 54.6 Å². The maximum Gasteiger partial charge on any atom is 0.329 e. The highest BCUT2D eigenvalue weighted by molar-refractivity contribution is 5.98. The fourth-order valence-electron chi connectivity index (χ4n) is 2.17. The van der Waals surface area contributed by atoms with Crippen molar-refractivity contribution in [3.05, 3.63) is 65.7 Å². The molecule has 0 bridgehead atoms. The Hall–Kier alpha value is -3.66. The van der Waals surface area contributed by atoms with Crippen LogP contribution in [0.5, 0.6) is 0 Å². The lowest BCUT2D eigenvalue weighted by Gasteiger charge is -2.17. The Labute approximate surface area is 156 Å². The van der Waals surface area contributed by atoms with E-state index in [1.54, 1.807) is 48.5 Å². The van der Waals surface area contributed by atoms with E-state index in [0.717, 1.165) is 0 Å². The van der Waals surface area contributed by atoms with Gasteiger partial charge in [-0.1, -0.05) is 24.3 Å². The average molecular weight is 365 g/mol. The molecule has 0 aliphatic carbocycles. The number of hydrogen-bond donors (Lipinski definition) is 2. The van der Waals surface area contributed by atoms with Crippen molar-refractivity contribution in [2.75, 3.05) is 5.32 Å². The van der Waals surface area contributed by atoms with Crippen molar-refractivity contribution in [1.82, 2.24) is 5.32 Å². The number of benzene rings is 2. The van der Waals surface area contributed by atoms with Gasteiger partial charge in [-0.25, -0.2) is 4.79 Å². The van der Waals surface area contributed by atoms with Crippen molar-refractivity contribution in [2.24, 2.45) is 0 Å². The molecule has 2 atom stereocenters. The molecule has 0 aliphatic heterocycles. The molecule has 0 saturated carbocycles. The van der Waals surface area contributed by atoms with Crippen LogP contribution in [0.3, 0.4) is 0 Å². The highest BCUT2D eigenvalue weighted by atomic mass is 16.5. The summed E-state index contributed by atoms with van der Waals surface area (Å²) in [5.74, 6) is -1.68. The molecule has 0 fully saturated rings. The normalized spacial score (nSPS) is 12.2. The van der Waals surface area contributed by atoms with Crippen molar-refractivity contribution in [3.8, 4) is 6.07 Å². The van der Waals surface area contributed by atoms with E-state index in [1.165, 1.54) is 19.9 Å². The van der Waals surface area contributed by atoms with Crippen molar-refractivity contribution in [3.63, 3.8) is 0 Å². The van der Waals surface area contributed by atoms with Crippen LogP contribution in [-0.4, -0.2) is 29.9 Å². The molecular formula is C20H19N3O4. The Bertz CT molecular complexity index is 874. The van der Waals surface area contributed by atoms with Crippen LogP contribution in [0.4, 0.5) is 5.69 Å². The third kappa shape index (κ3) is 5.68. The van der Waals surface area contributed by atoms with Crippen molar-refractivity contribution < 1.29 is 19.1 Å². The lowest BCUT2D eigenvalue weighted by Crippen LogP contribution is -2.42. The number of nitriles is 1. The van der Waals surface area contributed by atoms with Gasteiger partial charge in [0.15, 0.2) is 6.10 Å². The second kappa shape index (κ2) is 9.15. The topological polar surface area (TPSA) is 108 Å². The van der Waals surface area contributed by atoms with Crippen LogP contribution in [0.25, 0.3) is 0 Å². The maximum absolute atomic E-state index is 12.2. The number of carbonyl (C=O) groups is 3. The van der Waals surface area contributed by atoms with E-state index in [2.05, 4.69) is 10.6 Å². The zero-order valence-electron chi connectivity index (χ0n) is 14.9. The average Bonchev–Trinajstić information content (AvgIpc) is 2.68. The molecule has 7 nitrogen and oxygen atoms in total. The molecule has 138 valence electrons. The van der Waals surface area contributed by atoms with Crippen molar-refractivity contribution in [1.29, 1.82) is 5.26 Å². The summed E-state index contributed by atoms with van der Waals surface area (Å²) in [4.78, 5) is 36.3. The summed E-state index contributed by atoms with van der Waals surface area (Å²) in [6.07, 6.45) is -1.07. The predicted molar refractivity (Wildman–Crippen MR) is 98.7 cm³/mol. The zero-order valence-corrected chi connectivity index (χ0v) is 14.9. The molecular weight excluding hydrogens is 346 g/mol. The van der Waals surface area contributed by atoms with Crippen LogP contribution >= 0.6 is 0 Å². The fourth-order valence-corrected chi connectivity index (χ4v) is 2.17. The van der Waals surface area contributed by atoms with Crippen molar-refractivity contribution in [2.45, 2.75) is 26.0 Å². The smallest absolute Gasteiger partial charge is 0.329 e. The lowest BCUT2D eigenvalue weighted by atomic mass is 10.2. The summed E-state index contributed by atoms with van der Waals surface area (Å²) in [6.45, 7) is 2.90. The Morgan fingerprint density at radius 3 is 2.41 bits per heavy atom. The zero-order chi connectivity index (χ0) is 19.8. The summed E-state index contributed by atoms with van der Waals surface area (Å²) in [5, 5.41) is 14.0. The molecule has 0 spiro atoms. The Kier molecular flexibility index (Phi) is 6.67. The van der Waals surface area contributed by atoms with Gasteiger partial charge in [0.2, 0.25) is 0 Å². The first-order valence-electron chi connectivity index (χ1n) is 8.28. The summed E-state index contributed by atoms with van der Waals surface area (Å²) >= 11 is 0. The van der Waals surface area contributed by atoms with Crippen LogP contribution in [0.2, 0.25) is 0 Å². The molecule has 7 heteroatoms. The van der Waals surface area contributed by atoms with E-state index >= 15 is 0 Å². The quantitative estimate of drug-likeness (QED) is 0.763. The standard InChI is InChI=1S/C20H19N3O4/c1-13(22-19(25)16-8-4-3-5-9-16)20(26)27-14(2)18(24)23-17-10-6-7-15(11-17)12-21/h3-11,13-14H,1-2H3,(H,22,25)(H,23,24)/t13-,14+/m0/s1. The Balaban J connectivity index is 1.89. The highest BCUT2D eigenvalue weighted by Gasteiger charge is 2.23. The van der Waals surface area contributed by atoms with Crippen LogP contribution in [-0.2, 0) is 14.3 Å². The first kappa shape index (κ1) is 19.7. The molecule has 0 radical (unpaired) electrons. The van der Waals surface area contributed by atoms with E-state index in [1.807, 2.05) is 6.07 Å². The van der Waals surface area contributed by atoms with Gasteiger partial charge in [-0.05, 0) is 44.2 Å². The van der Waals surface area contributed by atoms with Gasteiger partial charge in [0.25, 0.3) is 11.8 Å². The predicted octanol–water partition coefficient (Wildman–Crippen LogP) is 2.25. The Morgan fingerprint density at radius 1 is 1.04 bits per heavy atom. The van der Waals surface area contributed by atoms with Crippen LogP contribution in [0, 0.1) is 11.3 Å². The van der Waals surface area contributed by atoms with Crippen LogP contribution < -0.4 is 10.6 Å². The number of nitrogens with zero attached hydrogens (tertiary/aromatic N) is 1. The number of ether oxygens (including phenoxy) is 1. The number of carbonyl (C=O) groups excluding carboxylic acids is 3. The fraction of sp³-hybridized carbons (Fsp3) is 0.200. The largest absolute Gasteiger partial charge is 0.451 e. The molecule has 0 aliphatic rings. The third-order valence-corrected chi connectivity index (χ3v) is 3.66. The second-order valence-electron chi connectivity index (χ2n) is 5.82. The first-order chi connectivity index (χ1) is 12.9. The summed E-state index contributed by atoms with van der Waals surface area (Å²) in [7, 11) is 0. The van der Waals surface area contributed by atoms with E-state index in [9.17, 15) is 14.4 Å². The summed E-state index contributed by atoms with van der Waals surface area (Å²) in [6, 6.07) is 15.9. The molecule has 0 heterocycles. The van der Waals surface area contributed by atoms with Gasteiger partial charge >= 0.3 is 5.97 Å². The monoisotopic (exact) mass is 365 g/mol. The molecule has 0 aromatic heterocycles. The van der Waals surface area contributed by atoms with Crippen LogP contribution in [0.1, 0.15) is 29.8 Å². The number of esters is 1. The summed E-state index contributed by atoms with van der Waals surface area (Å²) < 4.78 is 5.11. The van der Waals surface area contributed by atoms with E-state index < -0.39 is 29.9 Å². The van der Waals surface area contributed by atoms with E-state index in [0.29, 0.717) is 16.8 Å². The van der Waals surface area contributed by atoms with Gasteiger partial charge < -0.3 is 15.4 Å². The first-order valence-corrected chi connectivity index (χ1v) is 8.28. The highest BCUT2D eigenvalue weighted by Crippen LogP contribution is 2.11.